The highest BCUT2D eigenvalue weighted by molar-refractivity contribution is 5.43. The van der Waals surface area contributed by atoms with Gasteiger partial charge in [-0.2, -0.15) is 5.10 Å². The van der Waals surface area contributed by atoms with Crippen molar-refractivity contribution in [1.82, 2.24) is 20.0 Å². The number of likely N-dealkylation sites (N-methyl/N-ethyl adjacent to an activating group) is 1. The van der Waals surface area contributed by atoms with Crippen LogP contribution in [0.5, 0.6) is 11.5 Å². The van der Waals surface area contributed by atoms with E-state index in [1.807, 2.05) is 25.2 Å². The number of aromatic nitrogens is 2. The van der Waals surface area contributed by atoms with Crippen LogP contribution >= 0.6 is 0 Å². The Hall–Kier alpha value is -2.09. The minimum atomic E-state index is -0.564. The number of methoxy groups -OCH3 is 1. The van der Waals surface area contributed by atoms with Crippen molar-refractivity contribution in [3.63, 3.8) is 0 Å². The molecule has 0 fully saturated rings. The lowest BCUT2D eigenvalue weighted by Crippen LogP contribution is -2.37. The van der Waals surface area contributed by atoms with Crippen molar-refractivity contribution in [1.29, 1.82) is 0 Å². The second-order valence-corrected chi connectivity index (χ2v) is 8.29. The van der Waals surface area contributed by atoms with Gasteiger partial charge in [0.05, 0.1) is 12.8 Å². The second kappa shape index (κ2) is 11.9. The molecule has 2 N–H and O–H groups in total. The Bertz CT molecular complexity index is 763. The van der Waals surface area contributed by atoms with Gasteiger partial charge >= 0.3 is 0 Å². The highest BCUT2D eigenvalue weighted by atomic mass is 16.5. The van der Waals surface area contributed by atoms with Gasteiger partial charge in [-0.1, -0.05) is 19.4 Å². The lowest BCUT2D eigenvalue weighted by Gasteiger charge is -2.24. The smallest absolute Gasteiger partial charge is 0.161 e. The number of ether oxygens (including phenoxy) is 2. The van der Waals surface area contributed by atoms with Crippen molar-refractivity contribution in [2.24, 2.45) is 0 Å². The van der Waals surface area contributed by atoms with E-state index >= 15 is 0 Å². The van der Waals surface area contributed by atoms with Crippen LogP contribution in [0.25, 0.3) is 0 Å². The van der Waals surface area contributed by atoms with Crippen molar-refractivity contribution in [2.75, 3.05) is 34.4 Å². The summed E-state index contributed by atoms with van der Waals surface area (Å²) in [4.78, 5) is 4.32. The summed E-state index contributed by atoms with van der Waals surface area (Å²) < 4.78 is 11.3. The first-order valence-corrected chi connectivity index (χ1v) is 10.7. The van der Waals surface area contributed by atoms with Gasteiger partial charge in [-0.15, -0.1) is 0 Å². The number of aromatic amines is 1. The number of hydrogen-bond acceptors (Lipinski definition) is 6. The largest absolute Gasteiger partial charge is 0.493 e. The van der Waals surface area contributed by atoms with E-state index in [4.69, 9.17) is 9.47 Å². The zero-order valence-corrected chi connectivity index (χ0v) is 19.3. The Balaban J connectivity index is 1.95. The van der Waals surface area contributed by atoms with Gasteiger partial charge in [0.15, 0.2) is 11.5 Å². The van der Waals surface area contributed by atoms with Crippen molar-refractivity contribution in [2.45, 2.75) is 58.8 Å². The van der Waals surface area contributed by atoms with E-state index in [2.05, 4.69) is 53.9 Å². The number of rotatable bonds is 13. The minimum absolute atomic E-state index is 0.223. The van der Waals surface area contributed by atoms with Crippen LogP contribution in [0, 0.1) is 0 Å². The molecular weight excluding hydrogens is 380 g/mol. The van der Waals surface area contributed by atoms with Crippen LogP contribution < -0.4 is 9.47 Å². The van der Waals surface area contributed by atoms with Crippen LogP contribution in [0.3, 0.4) is 0 Å². The monoisotopic (exact) mass is 418 g/mol. The fraction of sp³-hybridized carbons (Fsp3) is 0.609. The molecule has 0 aliphatic carbocycles. The maximum Gasteiger partial charge on any atom is 0.161 e. The zero-order chi connectivity index (χ0) is 22.1. The summed E-state index contributed by atoms with van der Waals surface area (Å²) >= 11 is 0. The molecule has 0 spiro atoms. The highest BCUT2D eigenvalue weighted by Crippen LogP contribution is 2.29. The number of hydrogen-bond donors (Lipinski definition) is 2. The quantitative estimate of drug-likeness (QED) is 0.521. The summed E-state index contributed by atoms with van der Waals surface area (Å²) in [5, 5.41) is 17.8. The maximum absolute atomic E-state index is 10.3. The summed E-state index contributed by atoms with van der Waals surface area (Å²) in [6.45, 7) is 8.70. The first kappa shape index (κ1) is 24.2. The van der Waals surface area contributed by atoms with Crippen LogP contribution in [-0.2, 0) is 19.5 Å². The SMILES string of the molecule is CCCc1cc(CN(C)Cc2ccc(OC)c(OCC(O)CN(C)C(C)C)c2)[nH]n1. The Kier molecular flexibility index (Phi) is 9.62. The number of aliphatic hydroxyl groups is 1. The molecule has 0 saturated heterocycles. The maximum atomic E-state index is 10.3. The lowest BCUT2D eigenvalue weighted by molar-refractivity contribution is 0.0668. The molecular formula is C23H38N4O3. The van der Waals surface area contributed by atoms with Gasteiger partial charge in [-0.05, 0) is 58.1 Å². The molecule has 0 amide bonds. The van der Waals surface area contributed by atoms with Crippen molar-refractivity contribution < 1.29 is 14.6 Å². The number of nitrogens with one attached hydrogen (secondary N) is 1. The van der Waals surface area contributed by atoms with E-state index < -0.39 is 6.10 Å². The predicted octanol–water partition coefficient (Wildman–Crippen LogP) is 3.08. The van der Waals surface area contributed by atoms with Crippen LogP contribution in [0.2, 0.25) is 0 Å². The fourth-order valence-corrected chi connectivity index (χ4v) is 3.25. The van der Waals surface area contributed by atoms with E-state index in [1.54, 1.807) is 7.11 Å². The highest BCUT2D eigenvalue weighted by Gasteiger charge is 2.14. The Morgan fingerprint density at radius 1 is 1.13 bits per heavy atom. The fourth-order valence-electron chi connectivity index (χ4n) is 3.25. The van der Waals surface area contributed by atoms with Crippen molar-refractivity contribution >= 4 is 0 Å². The molecule has 2 rings (SSSR count). The number of aryl methyl sites for hydroxylation is 1. The molecule has 0 aliphatic rings. The molecule has 1 aromatic heterocycles. The van der Waals surface area contributed by atoms with Crippen LogP contribution in [0.4, 0.5) is 0 Å². The second-order valence-electron chi connectivity index (χ2n) is 8.29. The van der Waals surface area contributed by atoms with Gasteiger partial charge in [0.25, 0.3) is 0 Å². The normalized spacial score (nSPS) is 12.7. The molecule has 7 heteroatoms. The van der Waals surface area contributed by atoms with Gasteiger partial charge in [0.1, 0.15) is 12.7 Å². The van der Waals surface area contributed by atoms with Gasteiger partial charge < -0.3 is 19.5 Å². The van der Waals surface area contributed by atoms with E-state index in [0.29, 0.717) is 24.1 Å². The third-order valence-corrected chi connectivity index (χ3v) is 5.12. The van der Waals surface area contributed by atoms with E-state index in [0.717, 1.165) is 42.9 Å². The van der Waals surface area contributed by atoms with Gasteiger partial charge in [-0.25, -0.2) is 0 Å². The average Bonchev–Trinajstić information content (AvgIpc) is 3.13. The molecule has 0 bridgehead atoms. The Labute approximate surface area is 181 Å². The third kappa shape index (κ3) is 7.63. The molecule has 168 valence electrons. The first-order valence-electron chi connectivity index (χ1n) is 10.7. The van der Waals surface area contributed by atoms with Crippen LogP contribution in [-0.4, -0.2) is 71.6 Å². The summed E-state index contributed by atoms with van der Waals surface area (Å²) in [5.74, 6) is 1.32. The average molecular weight is 419 g/mol. The van der Waals surface area contributed by atoms with Crippen molar-refractivity contribution in [3.8, 4) is 11.5 Å². The summed E-state index contributed by atoms with van der Waals surface area (Å²) in [5.41, 5.74) is 3.35. The predicted molar refractivity (Wildman–Crippen MR) is 120 cm³/mol. The zero-order valence-electron chi connectivity index (χ0n) is 19.3. The van der Waals surface area contributed by atoms with Gasteiger partial charge in [0.2, 0.25) is 0 Å². The molecule has 0 radical (unpaired) electrons. The minimum Gasteiger partial charge on any atom is -0.493 e. The van der Waals surface area contributed by atoms with E-state index in [1.165, 1.54) is 0 Å². The molecule has 0 aliphatic heterocycles. The number of aliphatic hydroxyl groups excluding tert-OH is 1. The number of nitrogens with zero attached hydrogens (tertiary/aromatic N) is 3. The lowest BCUT2D eigenvalue weighted by atomic mass is 10.2. The molecule has 7 nitrogen and oxygen atoms in total. The number of H-pyrrole nitrogens is 1. The van der Waals surface area contributed by atoms with E-state index in [9.17, 15) is 5.11 Å². The first-order chi connectivity index (χ1) is 14.3. The topological polar surface area (TPSA) is 73.9 Å². The van der Waals surface area contributed by atoms with Gasteiger partial charge in [0, 0.05) is 31.4 Å². The molecule has 1 heterocycles. The summed E-state index contributed by atoms with van der Waals surface area (Å²) in [7, 11) is 5.70. The van der Waals surface area contributed by atoms with Crippen molar-refractivity contribution in [3.05, 3.63) is 41.2 Å². The molecule has 0 saturated carbocycles. The van der Waals surface area contributed by atoms with Crippen LogP contribution in [0.15, 0.2) is 24.3 Å². The standard InChI is InChI=1S/C23H38N4O3/c1-7-8-19-12-20(25-24-19)14-26(4)13-18-9-10-22(29-6)23(11-18)30-16-21(28)15-27(5)17(2)3/h9-12,17,21,28H,7-8,13-16H2,1-6H3,(H,24,25). The van der Waals surface area contributed by atoms with Crippen LogP contribution in [0.1, 0.15) is 44.1 Å². The molecule has 1 aromatic carbocycles. The summed E-state index contributed by atoms with van der Waals surface area (Å²) in [6, 6.07) is 8.46. The molecule has 1 unspecified atom stereocenters. The third-order valence-electron chi connectivity index (χ3n) is 5.12. The Morgan fingerprint density at radius 2 is 1.90 bits per heavy atom. The van der Waals surface area contributed by atoms with Gasteiger partial charge in [-0.3, -0.25) is 10.00 Å². The molecule has 30 heavy (non-hydrogen) atoms. The van der Waals surface area contributed by atoms with E-state index in [-0.39, 0.29) is 6.61 Å². The molecule has 1 atom stereocenters. The Morgan fingerprint density at radius 3 is 2.57 bits per heavy atom. The number of benzene rings is 1. The molecule has 2 aromatic rings. The summed E-state index contributed by atoms with van der Waals surface area (Å²) in [6.07, 6.45) is 1.53.